The average molecular weight is 229 g/mol. The molecule has 1 N–H and O–H groups in total. The summed E-state index contributed by atoms with van der Waals surface area (Å²) in [4.78, 5) is 22.7. The Labute approximate surface area is 99.8 Å². The number of nitrogens with one attached hydrogen (secondary N) is 1. The number of aromatic amines is 1. The van der Waals surface area contributed by atoms with Gasteiger partial charge >= 0.3 is 0 Å². The molecule has 0 fully saturated rings. The highest BCUT2D eigenvalue weighted by Crippen LogP contribution is 2.10. The zero-order valence-corrected chi connectivity index (χ0v) is 9.97. The molecule has 0 bridgehead atoms. The third-order valence-corrected chi connectivity index (χ3v) is 2.50. The van der Waals surface area contributed by atoms with Gasteiger partial charge in [0.05, 0.1) is 5.69 Å². The smallest absolute Gasteiger partial charge is 0.251 e. The van der Waals surface area contributed by atoms with Crippen LogP contribution in [0.1, 0.15) is 36.8 Å². The first-order chi connectivity index (χ1) is 8.15. The predicted octanol–water partition coefficient (Wildman–Crippen LogP) is 1.88. The van der Waals surface area contributed by atoms with Gasteiger partial charge in [0.1, 0.15) is 5.82 Å². The van der Waals surface area contributed by atoms with Crippen LogP contribution in [0, 0.1) is 0 Å². The number of aromatic nitrogens is 3. The van der Waals surface area contributed by atoms with Crippen LogP contribution in [0.4, 0.5) is 0 Å². The predicted molar refractivity (Wildman–Crippen MR) is 66.0 cm³/mol. The SMILES string of the molecule is CC(C)c1cc(=O)[nH]c(Cc2cccnc2)n1. The highest BCUT2D eigenvalue weighted by atomic mass is 16.1. The molecule has 0 aromatic carbocycles. The normalized spacial score (nSPS) is 10.8. The van der Waals surface area contributed by atoms with Crippen LogP contribution in [-0.4, -0.2) is 15.0 Å². The van der Waals surface area contributed by atoms with E-state index in [1.807, 2.05) is 26.0 Å². The molecule has 0 saturated heterocycles. The number of nitrogens with zero attached hydrogens (tertiary/aromatic N) is 2. The molecular formula is C13H15N3O. The lowest BCUT2D eigenvalue weighted by molar-refractivity contribution is 0.784. The molecule has 0 amide bonds. The molecule has 2 rings (SSSR count). The van der Waals surface area contributed by atoms with Crippen LogP contribution in [0.3, 0.4) is 0 Å². The van der Waals surface area contributed by atoms with E-state index < -0.39 is 0 Å². The zero-order valence-electron chi connectivity index (χ0n) is 9.97. The fraction of sp³-hybridized carbons (Fsp3) is 0.308. The minimum Gasteiger partial charge on any atom is -0.310 e. The molecule has 4 heteroatoms. The maximum absolute atomic E-state index is 11.5. The Morgan fingerprint density at radius 1 is 1.41 bits per heavy atom. The summed E-state index contributed by atoms with van der Waals surface area (Å²) in [6.07, 6.45) is 4.11. The first-order valence-electron chi connectivity index (χ1n) is 5.64. The lowest BCUT2D eigenvalue weighted by Crippen LogP contribution is -2.13. The van der Waals surface area contributed by atoms with E-state index in [-0.39, 0.29) is 11.5 Å². The summed E-state index contributed by atoms with van der Waals surface area (Å²) in [6, 6.07) is 5.40. The van der Waals surface area contributed by atoms with Gasteiger partial charge in [0, 0.05) is 24.9 Å². The molecule has 88 valence electrons. The number of hydrogen-bond donors (Lipinski definition) is 1. The summed E-state index contributed by atoms with van der Waals surface area (Å²) < 4.78 is 0. The quantitative estimate of drug-likeness (QED) is 0.874. The van der Waals surface area contributed by atoms with Crippen LogP contribution in [0.15, 0.2) is 35.4 Å². The second-order valence-corrected chi connectivity index (χ2v) is 4.31. The Balaban J connectivity index is 2.30. The van der Waals surface area contributed by atoms with Crippen molar-refractivity contribution in [3.63, 3.8) is 0 Å². The van der Waals surface area contributed by atoms with Gasteiger partial charge in [-0.15, -0.1) is 0 Å². The molecule has 0 saturated carbocycles. The van der Waals surface area contributed by atoms with Crippen molar-refractivity contribution in [3.05, 3.63) is 58.0 Å². The molecule has 17 heavy (non-hydrogen) atoms. The molecule has 0 spiro atoms. The van der Waals surface area contributed by atoms with Crippen molar-refractivity contribution in [3.8, 4) is 0 Å². The van der Waals surface area contributed by atoms with Crippen LogP contribution in [-0.2, 0) is 6.42 Å². The van der Waals surface area contributed by atoms with Gasteiger partial charge in [-0.2, -0.15) is 0 Å². The van der Waals surface area contributed by atoms with Crippen LogP contribution >= 0.6 is 0 Å². The van der Waals surface area contributed by atoms with E-state index in [9.17, 15) is 4.79 Å². The van der Waals surface area contributed by atoms with Gasteiger partial charge in [-0.1, -0.05) is 19.9 Å². The van der Waals surface area contributed by atoms with E-state index in [4.69, 9.17) is 0 Å². The van der Waals surface area contributed by atoms with Crippen LogP contribution in [0.25, 0.3) is 0 Å². The van der Waals surface area contributed by atoms with Gasteiger partial charge in [0.25, 0.3) is 5.56 Å². The standard InChI is InChI=1S/C13H15N3O/c1-9(2)11-7-13(17)16-12(15-11)6-10-4-3-5-14-8-10/h3-5,7-9H,6H2,1-2H3,(H,15,16,17). The zero-order chi connectivity index (χ0) is 12.3. The number of rotatable bonds is 3. The molecule has 0 atom stereocenters. The molecule has 2 aromatic heterocycles. The highest BCUT2D eigenvalue weighted by Gasteiger charge is 2.05. The van der Waals surface area contributed by atoms with Gasteiger partial charge in [0.15, 0.2) is 0 Å². The van der Waals surface area contributed by atoms with Crippen molar-refractivity contribution < 1.29 is 0 Å². The number of H-pyrrole nitrogens is 1. The van der Waals surface area contributed by atoms with Crippen molar-refractivity contribution in [2.45, 2.75) is 26.2 Å². The van der Waals surface area contributed by atoms with Crippen LogP contribution in [0.5, 0.6) is 0 Å². The summed E-state index contributed by atoms with van der Waals surface area (Å²) >= 11 is 0. The Bertz CT molecular complexity index is 546. The molecular weight excluding hydrogens is 214 g/mol. The molecule has 0 unspecified atom stereocenters. The molecule has 4 nitrogen and oxygen atoms in total. The van der Waals surface area contributed by atoms with E-state index in [0.717, 1.165) is 11.3 Å². The molecule has 2 aromatic rings. The topological polar surface area (TPSA) is 58.6 Å². The monoisotopic (exact) mass is 229 g/mol. The van der Waals surface area contributed by atoms with Crippen molar-refractivity contribution in [1.82, 2.24) is 15.0 Å². The summed E-state index contributed by atoms with van der Waals surface area (Å²) in [5, 5.41) is 0. The largest absolute Gasteiger partial charge is 0.310 e. The van der Waals surface area contributed by atoms with Crippen molar-refractivity contribution >= 4 is 0 Å². The maximum atomic E-state index is 11.5. The Morgan fingerprint density at radius 3 is 2.88 bits per heavy atom. The third-order valence-electron chi connectivity index (χ3n) is 2.50. The van der Waals surface area contributed by atoms with E-state index >= 15 is 0 Å². The third kappa shape index (κ3) is 3.00. The van der Waals surface area contributed by atoms with E-state index in [0.29, 0.717) is 12.2 Å². The number of pyridine rings is 1. The minimum absolute atomic E-state index is 0.0948. The van der Waals surface area contributed by atoms with Crippen molar-refractivity contribution in [2.24, 2.45) is 0 Å². The minimum atomic E-state index is -0.0948. The highest BCUT2D eigenvalue weighted by molar-refractivity contribution is 5.16. The van der Waals surface area contributed by atoms with Crippen LogP contribution in [0.2, 0.25) is 0 Å². The molecule has 0 aliphatic rings. The summed E-state index contributed by atoms with van der Waals surface area (Å²) in [7, 11) is 0. The Kier molecular flexibility index (Phi) is 3.32. The van der Waals surface area contributed by atoms with E-state index in [1.54, 1.807) is 18.5 Å². The second-order valence-electron chi connectivity index (χ2n) is 4.31. The van der Waals surface area contributed by atoms with Crippen molar-refractivity contribution in [1.29, 1.82) is 0 Å². The second kappa shape index (κ2) is 4.91. The van der Waals surface area contributed by atoms with Gasteiger partial charge in [-0.05, 0) is 17.5 Å². The molecule has 2 heterocycles. The van der Waals surface area contributed by atoms with Gasteiger partial charge in [-0.25, -0.2) is 4.98 Å². The first-order valence-corrected chi connectivity index (χ1v) is 5.64. The fourth-order valence-corrected chi connectivity index (χ4v) is 1.60. The Morgan fingerprint density at radius 2 is 2.24 bits per heavy atom. The summed E-state index contributed by atoms with van der Waals surface area (Å²) in [6.45, 7) is 4.05. The Hall–Kier alpha value is -1.97. The maximum Gasteiger partial charge on any atom is 0.251 e. The lowest BCUT2D eigenvalue weighted by atomic mass is 10.1. The number of hydrogen-bond acceptors (Lipinski definition) is 3. The first kappa shape index (κ1) is 11.5. The summed E-state index contributed by atoms with van der Waals surface area (Å²) in [5.74, 6) is 0.944. The fourth-order valence-electron chi connectivity index (χ4n) is 1.60. The van der Waals surface area contributed by atoms with Crippen LogP contribution < -0.4 is 5.56 Å². The average Bonchev–Trinajstić information content (AvgIpc) is 2.29. The van der Waals surface area contributed by atoms with E-state index in [1.165, 1.54) is 0 Å². The molecule has 0 aliphatic carbocycles. The van der Waals surface area contributed by atoms with Gasteiger partial charge in [0.2, 0.25) is 0 Å². The van der Waals surface area contributed by atoms with Gasteiger partial charge in [-0.3, -0.25) is 9.78 Å². The summed E-state index contributed by atoms with van der Waals surface area (Å²) in [5.41, 5.74) is 1.77. The molecule has 0 radical (unpaired) electrons. The van der Waals surface area contributed by atoms with E-state index in [2.05, 4.69) is 15.0 Å². The van der Waals surface area contributed by atoms with Gasteiger partial charge < -0.3 is 4.98 Å². The van der Waals surface area contributed by atoms with Crippen molar-refractivity contribution in [2.75, 3.05) is 0 Å². The lowest BCUT2D eigenvalue weighted by Gasteiger charge is -2.06. The molecule has 0 aliphatic heterocycles.